The molecule has 7 heteroatoms. The summed E-state index contributed by atoms with van der Waals surface area (Å²) in [5.74, 6) is 3.13. The quantitative estimate of drug-likeness (QED) is 0.528. The monoisotopic (exact) mass is 472 g/mol. The summed E-state index contributed by atoms with van der Waals surface area (Å²) in [6.07, 6.45) is 10.2. The number of likely N-dealkylation sites (tertiary alicyclic amines) is 1. The molecule has 3 heterocycles. The number of fused-ring (bicyclic) bond motifs is 1. The summed E-state index contributed by atoms with van der Waals surface area (Å²) in [5, 5.41) is 22.1. The summed E-state index contributed by atoms with van der Waals surface area (Å²) in [7, 11) is 0. The second-order valence-electron chi connectivity index (χ2n) is 12.3. The summed E-state index contributed by atoms with van der Waals surface area (Å²) in [6.45, 7) is 3.36. The summed E-state index contributed by atoms with van der Waals surface area (Å²) >= 11 is 0. The molecule has 2 aromatic rings. The molecular weight excluding hydrogens is 440 g/mol. The number of phenols is 1. The van der Waals surface area contributed by atoms with E-state index in [9.17, 15) is 15.2 Å². The molecule has 2 aliphatic heterocycles. The maximum atomic E-state index is 11.5. The number of rotatable bonds is 4. The third-order valence-corrected chi connectivity index (χ3v) is 11.0. The number of nitro groups is 1. The number of benzene rings is 1. The van der Waals surface area contributed by atoms with Crippen LogP contribution in [0.3, 0.4) is 0 Å². The molecule has 0 radical (unpaired) electrons. The standard InChI is InChI=1S/C28H32N4O3/c33-21-4-3-18-11-24-27-7-5-23-26(28(27,22(18)13-21)8-10-30(24)15-17-1-2-17)19(14-27)16-31(23)25-12-20(32(34)35)6-9-29-25/h3-4,6,9,12-13,17,19,23-24,26,33H,1-2,5,7-8,10-11,14-16H2/t19-,23?,24?,26?,27?,28?/m1/s1. The number of nitrogens with zero attached hydrogens (tertiary/aromatic N) is 4. The van der Waals surface area contributed by atoms with Crippen molar-refractivity contribution < 1.29 is 10.0 Å². The van der Waals surface area contributed by atoms with Gasteiger partial charge in [-0.25, -0.2) is 4.98 Å². The molecule has 1 aromatic carbocycles. The average molecular weight is 473 g/mol. The van der Waals surface area contributed by atoms with Crippen molar-refractivity contribution in [3.05, 3.63) is 57.8 Å². The number of pyridine rings is 1. The third kappa shape index (κ3) is 2.52. The number of anilines is 1. The van der Waals surface area contributed by atoms with Gasteiger partial charge in [-0.05, 0) is 97.9 Å². The maximum absolute atomic E-state index is 11.5. The van der Waals surface area contributed by atoms with Gasteiger partial charge in [0.1, 0.15) is 11.6 Å². The lowest BCUT2D eigenvalue weighted by molar-refractivity contribution is -0.384. The Labute approximate surface area is 205 Å². The van der Waals surface area contributed by atoms with Crippen LogP contribution in [-0.4, -0.2) is 51.6 Å². The second-order valence-corrected chi connectivity index (χ2v) is 12.3. The van der Waals surface area contributed by atoms with Gasteiger partial charge >= 0.3 is 0 Å². The normalized spacial score (nSPS) is 38.8. The van der Waals surface area contributed by atoms with Gasteiger partial charge in [-0.1, -0.05) is 6.07 Å². The minimum Gasteiger partial charge on any atom is -0.508 e. The van der Waals surface area contributed by atoms with E-state index in [2.05, 4.69) is 26.9 Å². The van der Waals surface area contributed by atoms with Crippen LogP contribution in [0.5, 0.6) is 5.75 Å². The number of aromatic hydroxyl groups is 1. The van der Waals surface area contributed by atoms with E-state index >= 15 is 0 Å². The van der Waals surface area contributed by atoms with Crippen LogP contribution in [0.2, 0.25) is 0 Å². The molecule has 6 atom stereocenters. The lowest BCUT2D eigenvalue weighted by atomic mass is 9.43. The highest BCUT2D eigenvalue weighted by Gasteiger charge is 2.76. The lowest BCUT2D eigenvalue weighted by Gasteiger charge is -2.66. The highest BCUT2D eigenvalue weighted by molar-refractivity contribution is 5.55. The van der Waals surface area contributed by atoms with Gasteiger partial charge in [-0.2, -0.15) is 0 Å². The van der Waals surface area contributed by atoms with Crippen molar-refractivity contribution in [2.45, 2.75) is 62.4 Å². The average Bonchev–Trinajstić information content (AvgIpc) is 3.54. The largest absolute Gasteiger partial charge is 0.508 e. The highest BCUT2D eigenvalue weighted by Crippen LogP contribution is 2.75. The van der Waals surface area contributed by atoms with E-state index in [1.54, 1.807) is 12.3 Å². The Morgan fingerprint density at radius 3 is 2.89 bits per heavy atom. The third-order valence-electron chi connectivity index (χ3n) is 11.0. The number of aromatic nitrogens is 1. The van der Waals surface area contributed by atoms with Gasteiger partial charge in [-0.3, -0.25) is 15.0 Å². The highest BCUT2D eigenvalue weighted by atomic mass is 16.6. The Morgan fingerprint density at radius 1 is 1.17 bits per heavy atom. The summed E-state index contributed by atoms with van der Waals surface area (Å²) in [5.41, 5.74) is 3.36. The maximum Gasteiger partial charge on any atom is 0.274 e. The van der Waals surface area contributed by atoms with Crippen LogP contribution in [0.15, 0.2) is 36.5 Å². The van der Waals surface area contributed by atoms with Crippen LogP contribution < -0.4 is 4.90 Å². The summed E-state index contributed by atoms with van der Waals surface area (Å²) in [6, 6.07) is 10.3. The zero-order valence-corrected chi connectivity index (χ0v) is 20.0. The molecule has 8 rings (SSSR count). The van der Waals surface area contributed by atoms with Crippen molar-refractivity contribution in [3.63, 3.8) is 0 Å². The van der Waals surface area contributed by atoms with Crippen molar-refractivity contribution in [3.8, 4) is 5.75 Å². The van der Waals surface area contributed by atoms with Gasteiger partial charge < -0.3 is 10.0 Å². The van der Waals surface area contributed by atoms with Crippen LogP contribution in [0.25, 0.3) is 0 Å². The fraction of sp³-hybridized carbons (Fsp3) is 0.607. The molecule has 7 nitrogen and oxygen atoms in total. The molecule has 0 spiro atoms. The molecular formula is C28H32N4O3. The predicted molar refractivity (Wildman–Crippen MR) is 131 cm³/mol. The predicted octanol–water partition coefficient (Wildman–Crippen LogP) is 4.28. The van der Waals surface area contributed by atoms with Crippen LogP contribution in [0, 0.1) is 33.3 Å². The Balaban J connectivity index is 1.26. The van der Waals surface area contributed by atoms with Crippen LogP contribution in [-0.2, 0) is 11.8 Å². The van der Waals surface area contributed by atoms with Gasteiger partial charge in [0.2, 0.25) is 0 Å². The van der Waals surface area contributed by atoms with E-state index in [4.69, 9.17) is 0 Å². The summed E-state index contributed by atoms with van der Waals surface area (Å²) in [4.78, 5) is 21.0. The molecule has 3 saturated carbocycles. The fourth-order valence-corrected chi connectivity index (χ4v) is 9.89. The van der Waals surface area contributed by atoms with Crippen molar-refractivity contribution in [1.29, 1.82) is 0 Å². The van der Waals surface area contributed by atoms with Crippen molar-refractivity contribution in [2.24, 2.45) is 23.2 Å². The van der Waals surface area contributed by atoms with Crippen molar-refractivity contribution >= 4 is 11.5 Å². The number of hydrogen-bond donors (Lipinski definition) is 1. The van der Waals surface area contributed by atoms with Gasteiger partial charge in [0.25, 0.3) is 5.69 Å². The fourth-order valence-electron chi connectivity index (χ4n) is 9.89. The van der Waals surface area contributed by atoms with E-state index in [1.807, 2.05) is 6.07 Å². The molecule has 6 aliphatic rings. The molecule has 4 aliphatic carbocycles. The lowest BCUT2D eigenvalue weighted by Crippen LogP contribution is -2.69. The van der Waals surface area contributed by atoms with E-state index in [-0.39, 0.29) is 21.4 Å². The van der Waals surface area contributed by atoms with Crippen molar-refractivity contribution in [1.82, 2.24) is 9.88 Å². The molecule has 182 valence electrons. The van der Waals surface area contributed by atoms with Gasteiger partial charge in [0.15, 0.2) is 0 Å². The first-order valence-electron chi connectivity index (χ1n) is 13.4. The first-order chi connectivity index (χ1) is 17.0. The smallest absolute Gasteiger partial charge is 0.274 e. The molecule has 1 aromatic heterocycles. The number of phenolic OH excluding ortho intramolecular Hbond substituents is 1. The second kappa shape index (κ2) is 6.75. The molecule has 35 heavy (non-hydrogen) atoms. The number of hydrogen-bond acceptors (Lipinski definition) is 6. The Hall–Kier alpha value is -2.67. The SMILES string of the molecule is O=[N+]([O-])c1ccnc(N2C[C@H]3CC45CCC2C3C42CCN(CC3CC3)C5Cc3ccc(O)cc32)c1. The van der Waals surface area contributed by atoms with Gasteiger partial charge in [0, 0.05) is 42.9 Å². The minimum absolute atomic E-state index is 0.0904. The van der Waals surface area contributed by atoms with E-state index in [1.165, 1.54) is 55.8 Å². The van der Waals surface area contributed by atoms with Gasteiger partial charge in [0.05, 0.1) is 11.0 Å². The molecule has 4 bridgehead atoms. The Kier molecular flexibility index (Phi) is 3.96. The zero-order valence-electron chi connectivity index (χ0n) is 20.0. The molecule has 0 amide bonds. The van der Waals surface area contributed by atoms with Gasteiger partial charge in [-0.15, -0.1) is 0 Å². The first kappa shape index (κ1) is 20.5. The topological polar surface area (TPSA) is 82.7 Å². The summed E-state index contributed by atoms with van der Waals surface area (Å²) < 4.78 is 0. The molecule has 2 saturated heterocycles. The van der Waals surface area contributed by atoms with Crippen LogP contribution in [0.4, 0.5) is 11.5 Å². The van der Waals surface area contributed by atoms with E-state index < -0.39 is 0 Å². The van der Waals surface area contributed by atoms with E-state index in [0.717, 1.165) is 37.7 Å². The number of piperidine rings is 1. The molecule has 5 unspecified atom stereocenters. The van der Waals surface area contributed by atoms with Crippen molar-refractivity contribution in [2.75, 3.05) is 24.5 Å². The zero-order chi connectivity index (χ0) is 23.5. The molecule has 1 N–H and O–H groups in total. The molecule has 5 fully saturated rings. The Morgan fingerprint density at radius 2 is 2.06 bits per heavy atom. The first-order valence-corrected chi connectivity index (χ1v) is 13.4. The minimum atomic E-state index is -0.312. The van der Waals surface area contributed by atoms with E-state index in [0.29, 0.717) is 29.7 Å². The van der Waals surface area contributed by atoms with Crippen LogP contribution >= 0.6 is 0 Å². The van der Waals surface area contributed by atoms with Crippen LogP contribution in [0.1, 0.15) is 49.7 Å². The Bertz CT molecular complexity index is 1250.